The van der Waals surface area contributed by atoms with Crippen LogP contribution in [0.25, 0.3) is 5.69 Å². The van der Waals surface area contributed by atoms with E-state index >= 15 is 0 Å². The van der Waals surface area contributed by atoms with Gasteiger partial charge < -0.3 is 10.6 Å². The number of hydrogen-bond acceptors (Lipinski definition) is 4. The Morgan fingerprint density at radius 3 is 2.62 bits per heavy atom. The number of amides is 4. The van der Waals surface area contributed by atoms with E-state index in [0.717, 1.165) is 24.1 Å². The van der Waals surface area contributed by atoms with Crippen LogP contribution in [0.3, 0.4) is 0 Å². The van der Waals surface area contributed by atoms with Gasteiger partial charge in [0.1, 0.15) is 5.54 Å². The van der Waals surface area contributed by atoms with Crippen LogP contribution < -0.4 is 10.6 Å². The smallest absolute Gasteiger partial charge is 0.325 e. The van der Waals surface area contributed by atoms with Gasteiger partial charge in [0.25, 0.3) is 5.91 Å². The normalized spacial score (nSPS) is 17.7. The van der Waals surface area contributed by atoms with Gasteiger partial charge in [0, 0.05) is 31.9 Å². The molecule has 4 amide bonds. The van der Waals surface area contributed by atoms with Crippen LogP contribution in [-0.2, 0) is 16.0 Å². The van der Waals surface area contributed by atoms with E-state index in [4.69, 9.17) is 0 Å². The van der Waals surface area contributed by atoms with Crippen LogP contribution in [0.15, 0.2) is 42.7 Å². The molecule has 1 spiro atoms. The van der Waals surface area contributed by atoms with Gasteiger partial charge >= 0.3 is 6.03 Å². The van der Waals surface area contributed by atoms with Crippen LogP contribution in [0.5, 0.6) is 0 Å². The molecule has 1 aromatic carbocycles. The molecule has 2 N–H and O–H groups in total. The number of nitrogens with zero attached hydrogens (tertiary/aromatic N) is 3. The molecule has 152 valence electrons. The Bertz CT molecular complexity index is 886. The van der Waals surface area contributed by atoms with Gasteiger partial charge in [-0.1, -0.05) is 25.0 Å². The maximum atomic E-state index is 12.6. The second-order valence-electron chi connectivity index (χ2n) is 7.64. The first-order valence-electron chi connectivity index (χ1n) is 10.1. The number of hydrogen-bond donors (Lipinski definition) is 2. The number of carbonyl (C=O) groups excluding carboxylic acids is 3. The molecular formula is C21H25N5O3. The minimum atomic E-state index is -0.712. The molecule has 1 aromatic heterocycles. The van der Waals surface area contributed by atoms with Crippen LogP contribution in [0.2, 0.25) is 0 Å². The van der Waals surface area contributed by atoms with Crippen molar-refractivity contribution in [3.63, 3.8) is 0 Å². The van der Waals surface area contributed by atoms with Gasteiger partial charge in [-0.05, 0) is 43.0 Å². The molecule has 2 aromatic rings. The van der Waals surface area contributed by atoms with Crippen molar-refractivity contribution in [1.82, 2.24) is 25.3 Å². The fraction of sp³-hybridized carbons (Fsp3) is 0.429. The zero-order chi connectivity index (χ0) is 20.3. The van der Waals surface area contributed by atoms with Gasteiger partial charge in [-0.15, -0.1) is 0 Å². The summed E-state index contributed by atoms with van der Waals surface area (Å²) in [6.45, 7) is 0.626. The molecule has 0 atom stereocenters. The minimum absolute atomic E-state index is 0.119. The molecule has 0 unspecified atom stereocenters. The summed E-state index contributed by atoms with van der Waals surface area (Å²) in [6, 6.07) is 9.49. The summed E-state index contributed by atoms with van der Waals surface area (Å²) in [5.74, 6) is -0.337. The Morgan fingerprint density at radius 1 is 1.17 bits per heavy atom. The van der Waals surface area contributed by atoms with Crippen molar-refractivity contribution in [3.8, 4) is 5.69 Å². The SMILES string of the molecule is O=C(CCN1C(=O)NC2(CCCC2)C1=O)NCCc1ccc(-n2cccn2)cc1. The van der Waals surface area contributed by atoms with Gasteiger partial charge in [0.05, 0.1) is 5.69 Å². The predicted octanol–water partition coefficient (Wildman–Crippen LogP) is 1.79. The van der Waals surface area contributed by atoms with E-state index in [9.17, 15) is 14.4 Å². The molecule has 29 heavy (non-hydrogen) atoms. The lowest BCUT2D eigenvalue weighted by atomic mass is 9.98. The van der Waals surface area contributed by atoms with E-state index in [-0.39, 0.29) is 30.8 Å². The highest BCUT2D eigenvalue weighted by Crippen LogP contribution is 2.34. The van der Waals surface area contributed by atoms with Gasteiger partial charge in [0.15, 0.2) is 0 Å². The highest BCUT2D eigenvalue weighted by molar-refractivity contribution is 6.07. The monoisotopic (exact) mass is 395 g/mol. The average molecular weight is 395 g/mol. The Labute approximate surface area is 169 Å². The lowest BCUT2D eigenvalue weighted by molar-refractivity contribution is -0.131. The van der Waals surface area contributed by atoms with Crippen molar-refractivity contribution in [2.45, 2.75) is 44.1 Å². The Hall–Kier alpha value is -3.16. The first-order valence-corrected chi connectivity index (χ1v) is 10.1. The van der Waals surface area contributed by atoms with E-state index in [1.54, 1.807) is 10.9 Å². The molecule has 1 saturated heterocycles. The van der Waals surface area contributed by atoms with Gasteiger partial charge in [0.2, 0.25) is 5.91 Å². The molecule has 1 saturated carbocycles. The molecule has 8 nitrogen and oxygen atoms in total. The van der Waals surface area contributed by atoms with Crippen molar-refractivity contribution in [3.05, 3.63) is 48.3 Å². The predicted molar refractivity (Wildman–Crippen MR) is 106 cm³/mol. The second-order valence-corrected chi connectivity index (χ2v) is 7.64. The largest absolute Gasteiger partial charge is 0.356 e. The lowest BCUT2D eigenvalue weighted by Gasteiger charge is -2.19. The van der Waals surface area contributed by atoms with E-state index in [1.807, 2.05) is 36.5 Å². The zero-order valence-corrected chi connectivity index (χ0v) is 16.3. The number of benzene rings is 1. The van der Waals surface area contributed by atoms with E-state index in [1.165, 1.54) is 4.90 Å². The summed E-state index contributed by atoms with van der Waals surface area (Å²) in [4.78, 5) is 38.0. The summed E-state index contributed by atoms with van der Waals surface area (Å²) >= 11 is 0. The fourth-order valence-electron chi connectivity index (χ4n) is 4.08. The van der Waals surface area contributed by atoms with Gasteiger partial charge in [-0.3, -0.25) is 14.5 Å². The minimum Gasteiger partial charge on any atom is -0.356 e. The molecule has 2 aliphatic rings. The maximum Gasteiger partial charge on any atom is 0.325 e. The van der Waals surface area contributed by atoms with Crippen LogP contribution in [0, 0.1) is 0 Å². The van der Waals surface area contributed by atoms with Gasteiger partial charge in [-0.2, -0.15) is 5.10 Å². The van der Waals surface area contributed by atoms with Crippen molar-refractivity contribution in [1.29, 1.82) is 0 Å². The van der Waals surface area contributed by atoms with E-state index in [0.29, 0.717) is 25.8 Å². The Morgan fingerprint density at radius 2 is 1.93 bits per heavy atom. The maximum absolute atomic E-state index is 12.6. The molecule has 0 radical (unpaired) electrons. The summed E-state index contributed by atoms with van der Waals surface area (Å²) in [6.07, 6.45) is 7.72. The van der Waals surface area contributed by atoms with E-state index in [2.05, 4.69) is 15.7 Å². The topological polar surface area (TPSA) is 96.3 Å². The molecule has 1 aliphatic carbocycles. The Kier molecular flexibility index (Phi) is 5.33. The molecule has 1 aliphatic heterocycles. The number of aromatic nitrogens is 2. The quantitative estimate of drug-likeness (QED) is 0.699. The number of carbonyl (C=O) groups is 3. The summed E-state index contributed by atoms with van der Waals surface area (Å²) in [5.41, 5.74) is 1.38. The fourth-order valence-corrected chi connectivity index (χ4v) is 4.08. The molecule has 2 fully saturated rings. The van der Waals surface area contributed by atoms with E-state index < -0.39 is 5.54 Å². The Balaban J connectivity index is 1.20. The third-order valence-corrected chi connectivity index (χ3v) is 5.71. The lowest BCUT2D eigenvalue weighted by Crippen LogP contribution is -2.44. The van der Waals surface area contributed by atoms with Crippen molar-refractivity contribution >= 4 is 17.8 Å². The van der Waals surface area contributed by atoms with Crippen LogP contribution >= 0.6 is 0 Å². The molecular weight excluding hydrogens is 370 g/mol. The molecule has 8 heteroatoms. The average Bonchev–Trinajstić information content (AvgIpc) is 3.45. The van der Waals surface area contributed by atoms with Crippen LogP contribution in [0.4, 0.5) is 4.79 Å². The van der Waals surface area contributed by atoms with Crippen LogP contribution in [-0.4, -0.2) is 51.2 Å². The number of nitrogens with one attached hydrogen (secondary N) is 2. The van der Waals surface area contributed by atoms with Crippen molar-refractivity contribution in [2.75, 3.05) is 13.1 Å². The number of imide groups is 1. The molecule has 0 bridgehead atoms. The third kappa shape index (κ3) is 4.01. The first-order chi connectivity index (χ1) is 14.1. The summed E-state index contributed by atoms with van der Waals surface area (Å²) < 4.78 is 1.79. The zero-order valence-electron chi connectivity index (χ0n) is 16.3. The molecule has 4 rings (SSSR count). The highest BCUT2D eigenvalue weighted by atomic mass is 16.2. The first kappa shape index (κ1) is 19.2. The third-order valence-electron chi connectivity index (χ3n) is 5.71. The van der Waals surface area contributed by atoms with Crippen molar-refractivity contribution in [2.24, 2.45) is 0 Å². The highest BCUT2D eigenvalue weighted by Gasteiger charge is 2.52. The van der Waals surface area contributed by atoms with Crippen LogP contribution in [0.1, 0.15) is 37.7 Å². The summed E-state index contributed by atoms with van der Waals surface area (Å²) in [5, 5.41) is 9.89. The summed E-state index contributed by atoms with van der Waals surface area (Å²) in [7, 11) is 0. The molecule has 2 heterocycles. The number of urea groups is 1. The standard InChI is InChI=1S/C21H25N5O3/c27-18(9-15-25-19(28)21(24-20(25)29)10-1-2-11-21)22-13-8-16-4-6-17(7-5-16)26-14-3-12-23-26/h3-7,12,14H,1-2,8-11,13,15H2,(H,22,27)(H,24,29). The number of rotatable bonds is 7. The van der Waals surface area contributed by atoms with Gasteiger partial charge in [-0.25, -0.2) is 9.48 Å². The van der Waals surface area contributed by atoms with Crippen molar-refractivity contribution < 1.29 is 14.4 Å². The second kappa shape index (κ2) is 8.06.